The Hall–Kier alpha value is -1.05. The van der Waals surface area contributed by atoms with Crippen LogP contribution in [0, 0.1) is 0 Å². The number of aldehydes is 1. The maximum Gasteiger partial charge on any atom is 0.150 e. The second kappa shape index (κ2) is 3.37. The van der Waals surface area contributed by atoms with Crippen LogP contribution in [0.5, 0.6) is 0 Å². The van der Waals surface area contributed by atoms with Crippen LogP contribution in [0.2, 0.25) is 0 Å². The minimum absolute atomic E-state index is 0.0349. The van der Waals surface area contributed by atoms with Gasteiger partial charge in [-0.1, -0.05) is 38.4 Å². The molecule has 2 radical (unpaired) electrons. The van der Waals surface area contributed by atoms with Crippen molar-refractivity contribution in [2.24, 2.45) is 0 Å². The minimum Gasteiger partial charge on any atom is -0.298 e. The second-order valence-corrected chi connectivity index (χ2v) is 4.26. The molecule has 0 aliphatic carbocycles. The summed E-state index contributed by atoms with van der Waals surface area (Å²) in [5.41, 5.74) is 2.42. The van der Waals surface area contributed by atoms with Gasteiger partial charge in [0.2, 0.25) is 0 Å². The zero-order valence-corrected chi connectivity index (χ0v) is 8.29. The number of rotatable bonds is 1. The van der Waals surface area contributed by atoms with Gasteiger partial charge in [0, 0.05) is 5.56 Å². The molecular weight excluding hydrogens is 159 g/mol. The van der Waals surface area contributed by atoms with Gasteiger partial charge in [-0.25, -0.2) is 0 Å². The Kier molecular flexibility index (Phi) is 2.60. The number of hydrogen-bond donors (Lipinski definition) is 0. The summed E-state index contributed by atoms with van der Waals surface area (Å²) < 4.78 is 0. The van der Waals surface area contributed by atoms with Gasteiger partial charge >= 0.3 is 0 Å². The first-order valence-corrected chi connectivity index (χ1v) is 4.30. The van der Waals surface area contributed by atoms with Crippen LogP contribution in [0.4, 0.5) is 0 Å². The molecular formula is C11H13BO. The van der Waals surface area contributed by atoms with Gasteiger partial charge in [0.25, 0.3) is 0 Å². The third kappa shape index (κ3) is 2.45. The fourth-order valence-corrected chi connectivity index (χ4v) is 1.18. The summed E-state index contributed by atoms with van der Waals surface area (Å²) in [6.45, 7) is 6.28. The van der Waals surface area contributed by atoms with Gasteiger partial charge in [0.15, 0.2) is 0 Å². The zero-order valence-electron chi connectivity index (χ0n) is 8.29. The quantitative estimate of drug-likeness (QED) is 0.464. The Balaban J connectivity index is 3.24. The summed E-state index contributed by atoms with van der Waals surface area (Å²) in [6, 6.07) is 5.47. The van der Waals surface area contributed by atoms with Gasteiger partial charge in [-0.05, 0) is 17.0 Å². The number of carbonyl (C=O) groups excluding carboxylic acids is 1. The topological polar surface area (TPSA) is 17.1 Å². The summed E-state index contributed by atoms with van der Waals surface area (Å²) in [7, 11) is 5.67. The smallest absolute Gasteiger partial charge is 0.150 e. The zero-order chi connectivity index (χ0) is 10.1. The Morgan fingerprint density at radius 1 is 1.23 bits per heavy atom. The van der Waals surface area contributed by atoms with Crippen LogP contribution in [0.3, 0.4) is 0 Å². The van der Waals surface area contributed by atoms with Crippen molar-refractivity contribution in [1.29, 1.82) is 0 Å². The highest BCUT2D eigenvalue weighted by Gasteiger charge is 2.13. The highest BCUT2D eigenvalue weighted by molar-refractivity contribution is 6.32. The average molecular weight is 172 g/mol. The van der Waals surface area contributed by atoms with E-state index in [1.165, 1.54) is 0 Å². The predicted octanol–water partition coefficient (Wildman–Crippen LogP) is 1.59. The van der Waals surface area contributed by atoms with Crippen LogP contribution < -0.4 is 5.46 Å². The average Bonchev–Trinajstić information content (AvgIpc) is 2.01. The van der Waals surface area contributed by atoms with Gasteiger partial charge in [0.1, 0.15) is 14.1 Å². The molecule has 0 amide bonds. The number of carbonyl (C=O) groups is 1. The van der Waals surface area contributed by atoms with Crippen LogP contribution in [0.25, 0.3) is 0 Å². The van der Waals surface area contributed by atoms with Crippen LogP contribution in [0.15, 0.2) is 18.2 Å². The molecule has 1 nitrogen and oxygen atoms in total. The molecule has 0 aromatic heterocycles. The van der Waals surface area contributed by atoms with Crippen molar-refractivity contribution in [2.45, 2.75) is 26.2 Å². The summed E-state index contributed by atoms with van der Waals surface area (Å²) in [5, 5.41) is 0. The van der Waals surface area contributed by atoms with Crippen molar-refractivity contribution >= 4 is 19.6 Å². The molecule has 0 atom stereocenters. The normalized spacial score (nSPS) is 11.3. The van der Waals surface area contributed by atoms with Crippen molar-refractivity contribution < 1.29 is 4.79 Å². The van der Waals surface area contributed by atoms with E-state index in [0.29, 0.717) is 11.0 Å². The first-order chi connectivity index (χ1) is 5.93. The second-order valence-electron chi connectivity index (χ2n) is 4.26. The molecule has 0 unspecified atom stereocenters. The molecule has 1 rings (SSSR count). The van der Waals surface area contributed by atoms with Crippen LogP contribution in [-0.2, 0) is 5.41 Å². The molecule has 66 valence electrons. The van der Waals surface area contributed by atoms with Crippen molar-refractivity contribution in [2.75, 3.05) is 0 Å². The summed E-state index contributed by atoms with van der Waals surface area (Å²) in [5.74, 6) is 0. The van der Waals surface area contributed by atoms with E-state index >= 15 is 0 Å². The molecule has 0 spiro atoms. The lowest BCUT2D eigenvalue weighted by Gasteiger charge is -2.20. The van der Waals surface area contributed by atoms with E-state index in [1.54, 1.807) is 6.07 Å². The van der Waals surface area contributed by atoms with Crippen LogP contribution >= 0.6 is 0 Å². The maximum absolute atomic E-state index is 10.6. The Morgan fingerprint density at radius 2 is 1.85 bits per heavy atom. The molecule has 0 fully saturated rings. The monoisotopic (exact) mass is 172 g/mol. The summed E-state index contributed by atoms with van der Waals surface area (Å²) >= 11 is 0. The molecule has 1 aromatic rings. The van der Waals surface area contributed by atoms with Crippen molar-refractivity contribution in [3.05, 3.63) is 29.3 Å². The van der Waals surface area contributed by atoms with Gasteiger partial charge in [-0.3, -0.25) is 4.79 Å². The molecule has 0 saturated carbocycles. The lowest BCUT2D eigenvalue weighted by atomic mass is 9.82. The van der Waals surface area contributed by atoms with Gasteiger partial charge < -0.3 is 0 Å². The third-order valence-corrected chi connectivity index (χ3v) is 1.98. The highest BCUT2D eigenvalue weighted by atomic mass is 16.1. The summed E-state index contributed by atoms with van der Waals surface area (Å²) in [6.07, 6.45) is 0.825. The molecule has 13 heavy (non-hydrogen) atoms. The Labute approximate surface area is 80.6 Å². The maximum atomic E-state index is 10.6. The fraction of sp³-hybridized carbons (Fsp3) is 0.364. The van der Waals surface area contributed by atoms with Gasteiger partial charge in [-0.15, -0.1) is 0 Å². The van der Waals surface area contributed by atoms with E-state index in [1.807, 2.05) is 12.1 Å². The van der Waals surface area contributed by atoms with Crippen molar-refractivity contribution in [3.8, 4) is 0 Å². The van der Waals surface area contributed by atoms with Crippen molar-refractivity contribution in [1.82, 2.24) is 0 Å². The molecule has 0 heterocycles. The highest BCUT2D eigenvalue weighted by Crippen LogP contribution is 2.21. The summed E-state index contributed by atoms with van der Waals surface area (Å²) in [4.78, 5) is 10.6. The van der Waals surface area contributed by atoms with Gasteiger partial charge in [0.05, 0.1) is 0 Å². The predicted molar refractivity (Wildman–Crippen MR) is 55.9 cm³/mol. The van der Waals surface area contributed by atoms with E-state index < -0.39 is 0 Å². The molecule has 0 bridgehead atoms. The standard InChI is InChI=1S/C11H13BO/c1-11(2,3)9-4-8(7-13)5-10(12)6-9/h4-7H,1-3H3. The SMILES string of the molecule is [B]c1cc(C=O)cc(C(C)(C)C)c1. The fourth-order valence-electron chi connectivity index (χ4n) is 1.18. The largest absolute Gasteiger partial charge is 0.298 e. The Bertz CT molecular complexity index is 323. The molecule has 0 aliphatic heterocycles. The van der Waals surface area contributed by atoms with E-state index in [2.05, 4.69) is 20.8 Å². The van der Waals surface area contributed by atoms with Crippen LogP contribution in [-0.4, -0.2) is 14.1 Å². The Morgan fingerprint density at radius 3 is 2.31 bits per heavy atom. The molecule has 0 saturated heterocycles. The molecule has 1 aromatic carbocycles. The number of hydrogen-bond acceptors (Lipinski definition) is 1. The lowest BCUT2D eigenvalue weighted by Crippen LogP contribution is -2.16. The number of benzene rings is 1. The van der Waals surface area contributed by atoms with Crippen LogP contribution in [0.1, 0.15) is 36.7 Å². The molecule has 2 heteroatoms. The van der Waals surface area contributed by atoms with E-state index in [0.717, 1.165) is 11.8 Å². The molecule has 0 aliphatic rings. The third-order valence-electron chi connectivity index (χ3n) is 1.98. The lowest BCUT2D eigenvalue weighted by molar-refractivity contribution is 0.112. The van der Waals surface area contributed by atoms with E-state index in [9.17, 15) is 4.79 Å². The van der Waals surface area contributed by atoms with E-state index in [-0.39, 0.29) is 5.41 Å². The van der Waals surface area contributed by atoms with Gasteiger partial charge in [-0.2, -0.15) is 0 Å². The van der Waals surface area contributed by atoms with Crippen molar-refractivity contribution in [3.63, 3.8) is 0 Å². The first kappa shape index (κ1) is 10.0. The van der Waals surface area contributed by atoms with E-state index in [4.69, 9.17) is 7.85 Å². The first-order valence-electron chi connectivity index (χ1n) is 4.30. The minimum atomic E-state index is 0.0349. The molecule has 0 N–H and O–H groups in total.